The first-order chi connectivity index (χ1) is 7.65. The van der Waals surface area contributed by atoms with Crippen LogP contribution in [0.25, 0.3) is 11.0 Å². The number of carbonyl (C=O) groups excluding carboxylic acids is 1. The average Bonchev–Trinajstić information content (AvgIpc) is 2.59. The molecule has 4 nitrogen and oxygen atoms in total. The van der Waals surface area contributed by atoms with E-state index in [-0.39, 0.29) is 5.97 Å². The summed E-state index contributed by atoms with van der Waals surface area (Å²) in [5.74, 6) is -0.380. The molecule has 0 radical (unpaired) electrons. The number of ether oxygens (including phenoxy) is 1. The summed E-state index contributed by atoms with van der Waals surface area (Å²) in [4.78, 5) is 18.8. The number of nitrogens with zero attached hydrogens (tertiary/aromatic N) is 1. The van der Waals surface area contributed by atoms with Crippen molar-refractivity contribution in [2.24, 2.45) is 0 Å². The molecule has 0 aliphatic heterocycles. The van der Waals surface area contributed by atoms with E-state index in [0.717, 1.165) is 5.56 Å². The van der Waals surface area contributed by atoms with Crippen LogP contribution in [0.5, 0.6) is 0 Å². The fourth-order valence-corrected chi connectivity index (χ4v) is 1.78. The highest BCUT2D eigenvalue weighted by atomic mass is 35.5. The number of aromatic amines is 1. The lowest BCUT2D eigenvalue weighted by Gasteiger charge is -1.99. The van der Waals surface area contributed by atoms with Gasteiger partial charge in [-0.1, -0.05) is 11.6 Å². The van der Waals surface area contributed by atoms with Gasteiger partial charge >= 0.3 is 5.97 Å². The predicted molar refractivity (Wildman–Crippen MR) is 61.8 cm³/mol. The van der Waals surface area contributed by atoms with Crippen molar-refractivity contribution >= 4 is 28.6 Å². The van der Waals surface area contributed by atoms with Gasteiger partial charge in [-0.3, -0.25) is 4.98 Å². The number of aryl methyl sites for hydroxylation is 1. The quantitative estimate of drug-likeness (QED) is 0.819. The van der Waals surface area contributed by atoms with Crippen LogP contribution in [-0.2, 0) is 4.74 Å². The highest BCUT2D eigenvalue weighted by Crippen LogP contribution is 2.25. The summed E-state index contributed by atoms with van der Waals surface area (Å²) in [6.07, 6.45) is 1.61. The molecule has 0 amide bonds. The minimum absolute atomic E-state index is 0.342. The molecule has 0 bridgehead atoms. The largest absolute Gasteiger partial charge is 0.461 e. The third-order valence-corrected chi connectivity index (χ3v) is 2.67. The number of hydrogen-bond donors (Lipinski definition) is 1. The van der Waals surface area contributed by atoms with E-state index in [1.165, 1.54) is 0 Å². The molecule has 0 fully saturated rings. The normalized spacial score (nSPS) is 10.7. The smallest absolute Gasteiger partial charge is 0.355 e. The number of pyridine rings is 1. The second-order valence-corrected chi connectivity index (χ2v) is 3.77. The Kier molecular flexibility index (Phi) is 2.83. The van der Waals surface area contributed by atoms with E-state index in [1.807, 2.05) is 6.92 Å². The Morgan fingerprint density at radius 1 is 1.62 bits per heavy atom. The summed E-state index contributed by atoms with van der Waals surface area (Å²) in [6.45, 7) is 3.92. The molecule has 0 atom stereocenters. The van der Waals surface area contributed by atoms with Crippen LogP contribution in [0.1, 0.15) is 23.0 Å². The molecule has 0 aliphatic rings. The van der Waals surface area contributed by atoms with Gasteiger partial charge in [0.2, 0.25) is 0 Å². The van der Waals surface area contributed by atoms with Gasteiger partial charge in [0.15, 0.2) is 0 Å². The topological polar surface area (TPSA) is 55.0 Å². The highest BCUT2D eigenvalue weighted by molar-refractivity contribution is 6.35. The number of hydrogen-bond acceptors (Lipinski definition) is 3. The lowest BCUT2D eigenvalue weighted by Crippen LogP contribution is -2.06. The molecular formula is C11H11ClN2O2. The number of H-pyrrole nitrogens is 1. The first-order valence-electron chi connectivity index (χ1n) is 4.95. The Balaban J connectivity index is 2.60. The van der Waals surface area contributed by atoms with Gasteiger partial charge in [0.25, 0.3) is 0 Å². The second-order valence-electron chi connectivity index (χ2n) is 3.36. The standard InChI is InChI=1S/C11H11ClN2O2/c1-3-16-11(15)9-6(2)8-10(14-9)7(12)4-5-13-8/h4-5,14H,3H2,1-2H3. The molecule has 0 unspecified atom stereocenters. The fraction of sp³-hybridized carbons (Fsp3) is 0.273. The zero-order valence-electron chi connectivity index (χ0n) is 9.00. The van der Waals surface area contributed by atoms with Crippen LogP contribution >= 0.6 is 11.6 Å². The van der Waals surface area contributed by atoms with Crippen molar-refractivity contribution < 1.29 is 9.53 Å². The molecule has 0 spiro atoms. The molecule has 2 rings (SSSR count). The minimum Gasteiger partial charge on any atom is -0.461 e. The maximum absolute atomic E-state index is 11.6. The van der Waals surface area contributed by atoms with E-state index < -0.39 is 0 Å². The zero-order valence-corrected chi connectivity index (χ0v) is 9.76. The zero-order chi connectivity index (χ0) is 11.7. The van der Waals surface area contributed by atoms with E-state index in [0.29, 0.717) is 28.4 Å². The molecule has 16 heavy (non-hydrogen) atoms. The van der Waals surface area contributed by atoms with Crippen LogP contribution in [0.3, 0.4) is 0 Å². The lowest BCUT2D eigenvalue weighted by molar-refractivity contribution is 0.0520. The summed E-state index contributed by atoms with van der Waals surface area (Å²) < 4.78 is 4.94. The van der Waals surface area contributed by atoms with E-state index in [9.17, 15) is 4.79 Å². The Morgan fingerprint density at radius 3 is 3.00 bits per heavy atom. The van der Waals surface area contributed by atoms with Crippen LogP contribution in [0.2, 0.25) is 5.02 Å². The van der Waals surface area contributed by atoms with Crippen molar-refractivity contribution in [3.8, 4) is 0 Å². The second kappa shape index (κ2) is 4.14. The summed E-state index contributed by atoms with van der Waals surface area (Å²) in [5.41, 5.74) is 2.55. The van der Waals surface area contributed by atoms with Crippen molar-refractivity contribution in [3.63, 3.8) is 0 Å². The van der Waals surface area contributed by atoms with Gasteiger partial charge in [-0.2, -0.15) is 0 Å². The third-order valence-electron chi connectivity index (χ3n) is 2.36. The van der Waals surface area contributed by atoms with Crippen LogP contribution in [0.15, 0.2) is 12.3 Å². The first-order valence-corrected chi connectivity index (χ1v) is 5.32. The van der Waals surface area contributed by atoms with Gasteiger partial charge in [0.1, 0.15) is 5.69 Å². The monoisotopic (exact) mass is 238 g/mol. The van der Waals surface area contributed by atoms with Crippen molar-refractivity contribution in [2.75, 3.05) is 6.61 Å². The number of nitrogens with one attached hydrogen (secondary N) is 1. The van der Waals surface area contributed by atoms with Crippen molar-refractivity contribution in [3.05, 3.63) is 28.5 Å². The van der Waals surface area contributed by atoms with Crippen molar-refractivity contribution in [1.29, 1.82) is 0 Å². The Labute approximate surface area is 97.6 Å². The Hall–Kier alpha value is -1.55. The molecule has 2 heterocycles. The molecule has 0 aliphatic carbocycles. The van der Waals surface area contributed by atoms with E-state index >= 15 is 0 Å². The summed E-state index contributed by atoms with van der Waals surface area (Å²) in [6, 6.07) is 1.68. The van der Waals surface area contributed by atoms with E-state index in [1.54, 1.807) is 19.2 Å². The predicted octanol–water partition coefficient (Wildman–Crippen LogP) is 2.70. The van der Waals surface area contributed by atoms with Gasteiger partial charge in [0, 0.05) is 11.8 Å². The minimum atomic E-state index is -0.380. The number of esters is 1. The summed E-state index contributed by atoms with van der Waals surface area (Å²) in [7, 11) is 0. The number of rotatable bonds is 2. The number of fused-ring (bicyclic) bond motifs is 1. The van der Waals surface area contributed by atoms with Gasteiger partial charge in [0.05, 0.1) is 22.7 Å². The number of halogens is 1. The van der Waals surface area contributed by atoms with Crippen molar-refractivity contribution in [2.45, 2.75) is 13.8 Å². The molecule has 5 heteroatoms. The molecule has 84 valence electrons. The fourth-order valence-electron chi connectivity index (χ4n) is 1.59. The molecule has 2 aromatic rings. The molecular weight excluding hydrogens is 228 g/mol. The Morgan fingerprint density at radius 2 is 2.38 bits per heavy atom. The number of carbonyl (C=O) groups is 1. The van der Waals surface area contributed by atoms with Crippen LogP contribution < -0.4 is 0 Å². The maximum atomic E-state index is 11.6. The molecule has 0 saturated carbocycles. The molecule has 0 aromatic carbocycles. The average molecular weight is 239 g/mol. The van der Waals surface area contributed by atoms with Crippen LogP contribution in [0.4, 0.5) is 0 Å². The maximum Gasteiger partial charge on any atom is 0.355 e. The van der Waals surface area contributed by atoms with Crippen LogP contribution in [0, 0.1) is 6.92 Å². The molecule has 2 aromatic heterocycles. The summed E-state index contributed by atoms with van der Waals surface area (Å²) in [5, 5.41) is 0.545. The van der Waals surface area contributed by atoms with Gasteiger partial charge in [-0.05, 0) is 19.9 Å². The third kappa shape index (κ3) is 1.65. The SMILES string of the molecule is CCOC(=O)c1[nH]c2c(Cl)ccnc2c1C. The van der Waals surface area contributed by atoms with E-state index in [2.05, 4.69) is 9.97 Å². The van der Waals surface area contributed by atoms with E-state index in [4.69, 9.17) is 16.3 Å². The Bertz CT molecular complexity index is 548. The molecule has 1 N–H and O–H groups in total. The van der Waals surface area contributed by atoms with Crippen molar-refractivity contribution in [1.82, 2.24) is 9.97 Å². The lowest BCUT2D eigenvalue weighted by atomic mass is 10.2. The van der Waals surface area contributed by atoms with Gasteiger partial charge < -0.3 is 9.72 Å². The van der Waals surface area contributed by atoms with Gasteiger partial charge in [-0.15, -0.1) is 0 Å². The first kappa shape index (κ1) is 11.0. The number of aromatic nitrogens is 2. The summed E-state index contributed by atoms with van der Waals surface area (Å²) >= 11 is 6.00. The van der Waals surface area contributed by atoms with Gasteiger partial charge in [-0.25, -0.2) is 4.79 Å². The van der Waals surface area contributed by atoms with Crippen LogP contribution in [-0.4, -0.2) is 22.5 Å². The molecule has 0 saturated heterocycles. The highest BCUT2D eigenvalue weighted by Gasteiger charge is 2.17.